The molecular formula is C11H14BrNS. The van der Waals surface area contributed by atoms with E-state index >= 15 is 0 Å². The van der Waals surface area contributed by atoms with Crippen molar-refractivity contribution in [3.05, 3.63) is 19.8 Å². The Labute approximate surface area is 97.0 Å². The van der Waals surface area contributed by atoms with Gasteiger partial charge in [-0.3, -0.25) is 0 Å². The highest BCUT2D eigenvalue weighted by Gasteiger charge is 2.35. The van der Waals surface area contributed by atoms with Gasteiger partial charge in [0.15, 0.2) is 0 Å². The van der Waals surface area contributed by atoms with E-state index in [2.05, 4.69) is 28.2 Å². The van der Waals surface area contributed by atoms with Gasteiger partial charge in [0.25, 0.3) is 0 Å². The van der Waals surface area contributed by atoms with Crippen molar-refractivity contribution >= 4 is 27.3 Å². The van der Waals surface area contributed by atoms with Crippen LogP contribution in [0.1, 0.15) is 28.3 Å². The minimum absolute atomic E-state index is 0.814. The SMILES string of the molecule is Cc1c(Br)sc2c1CCC1CNCC21. The zero-order valence-corrected chi connectivity index (χ0v) is 10.7. The van der Waals surface area contributed by atoms with Gasteiger partial charge in [0.1, 0.15) is 0 Å². The van der Waals surface area contributed by atoms with Gasteiger partial charge in [-0.15, -0.1) is 11.3 Å². The maximum Gasteiger partial charge on any atom is 0.0733 e. The Morgan fingerprint density at radius 2 is 2.29 bits per heavy atom. The van der Waals surface area contributed by atoms with Crippen LogP contribution in [0.3, 0.4) is 0 Å². The molecule has 2 heterocycles. The van der Waals surface area contributed by atoms with Crippen LogP contribution in [-0.2, 0) is 6.42 Å². The van der Waals surface area contributed by atoms with Crippen LogP contribution in [0.15, 0.2) is 3.79 Å². The van der Waals surface area contributed by atoms with Gasteiger partial charge in [-0.1, -0.05) is 0 Å². The highest BCUT2D eigenvalue weighted by atomic mass is 79.9. The topological polar surface area (TPSA) is 12.0 Å². The Balaban J connectivity index is 2.09. The minimum atomic E-state index is 0.814. The van der Waals surface area contributed by atoms with Gasteiger partial charge in [0, 0.05) is 17.3 Å². The first kappa shape index (κ1) is 9.37. The summed E-state index contributed by atoms with van der Waals surface area (Å²) < 4.78 is 1.36. The first-order valence-corrected chi connectivity index (χ1v) is 6.86. The monoisotopic (exact) mass is 271 g/mol. The van der Waals surface area contributed by atoms with Crippen LogP contribution in [0.5, 0.6) is 0 Å². The summed E-state index contributed by atoms with van der Waals surface area (Å²) in [5.41, 5.74) is 3.14. The number of fused-ring (bicyclic) bond motifs is 3. The molecular weight excluding hydrogens is 258 g/mol. The first-order valence-electron chi connectivity index (χ1n) is 5.25. The summed E-state index contributed by atoms with van der Waals surface area (Å²) >= 11 is 5.64. The maximum atomic E-state index is 3.67. The lowest BCUT2D eigenvalue weighted by Gasteiger charge is -2.24. The molecule has 2 atom stereocenters. The molecule has 1 saturated heterocycles. The van der Waals surface area contributed by atoms with Gasteiger partial charge < -0.3 is 5.32 Å². The average molecular weight is 272 g/mol. The lowest BCUT2D eigenvalue weighted by atomic mass is 9.81. The van der Waals surface area contributed by atoms with Crippen LogP contribution >= 0.6 is 27.3 Å². The Morgan fingerprint density at radius 3 is 3.14 bits per heavy atom. The van der Waals surface area contributed by atoms with Gasteiger partial charge in [0.2, 0.25) is 0 Å². The van der Waals surface area contributed by atoms with Crippen molar-refractivity contribution in [3.63, 3.8) is 0 Å². The molecule has 2 unspecified atom stereocenters. The summed E-state index contributed by atoms with van der Waals surface area (Å²) in [6, 6.07) is 0. The Bertz CT molecular complexity index is 372. The molecule has 1 aromatic heterocycles. The second-order valence-electron chi connectivity index (χ2n) is 4.41. The van der Waals surface area contributed by atoms with Crippen molar-refractivity contribution in [1.82, 2.24) is 5.32 Å². The molecule has 1 aromatic rings. The largest absolute Gasteiger partial charge is 0.316 e. The fourth-order valence-corrected chi connectivity index (χ4v) is 4.86. The van der Waals surface area contributed by atoms with Crippen molar-refractivity contribution in [3.8, 4) is 0 Å². The third-order valence-electron chi connectivity index (χ3n) is 3.69. The molecule has 1 fully saturated rings. The smallest absolute Gasteiger partial charge is 0.0733 e. The summed E-state index contributed by atoms with van der Waals surface area (Å²) in [6.45, 7) is 4.69. The number of rotatable bonds is 0. The molecule has 0 bridgehead atoms. The molecule has 1 nitrogen and oxygen atoms in total. The van der Waals surface area contributed by atoms with E-state index in [1.54, 1.807) is 10.4 Å². The summed E-state index contributed by atoms with van der Waals surface area (Å²) in [5, 5.41) is 3.53. The molecule has 0 radical (unpaired) electrons. The van der Waals surface area contributed by atoms with E-state index < -0.39 is 0 Å². The molecule has 0 saturated carbocycles. The normalized spacial score (nSPS) is 30.1. The summed E-state index contributed by atoms with van der Waals surface area (Å²) in [5.74, 6) is 1.72. The maximum absolute atomic E-state index is 3.67. The lowest BCUT2D eigenvalue weighted by Crippen LogP contribution is -2.17. The summed E-state index contributed by atoms with van der Waals surface area (Å²) in [4.78, 5) is 1.66. The van der Waals surface area contributed by atoms with Crippen molar-refractivity contribution in [2.75, 3.05) is 13.1 Å². The highest BCUT2D eigenvalue weighted by molar-refractivity contribution is 9.11. The molecule has 1 aliphatic carbocycles. The van der Waals surface area contributed by atoms with E-state index in [1.165, 1.54) is 35.3 Å². The Hall–Kier alpha value is 0.140. The molecule has 0 spiro atoms. The van der Waals surface area contributed by atoms with Crippen molar-refractivity contribution in [2.24, 2.45) is 5.92 Å². The van der Waals surface area contributed by atoms with Crippen molar-refractivity contribution in [1.29, 1.82) is 0 Å². The quantitative estimate of drug-likeness (QED) is 0.765. The third-order valence-corrected chi connectivity index (χ3v) is 6.02. The molecule has 3 heteroatoms. The standard InChI is InChI=1S/C11H14BrNS/c1-6-8-3-2-7-4-13-5-9(7)10(8)14-11(6)12/h7,9,13H,2-5H2,1H3. The van der Waals surface area contributed by atoms with Crippen LogP contribution in [0.25, 0.3) is 0 Å². The van der Waals surface area contributed by atoms with Gasteiger partial charge in [-0.2, -0.15) is 0 Å². The highest BCUT2D eigenvalue weighted by Crippen LogP contribution is 2.46. The molecule has 3 rings (SSSR count). The number of halogens is 1. The molecule has 1 aliphatic heterocycles. The van der Waals surface area contributed by atoms with E-state index in [1.807, 2.05) is 11.3 Å². The van der Waals surface area contributed by atoms with Crippen LogP contribution in [0, 0.1) is 12.8 Å². The minimum Gasteiger partial charge on any atom is -0.316 e. The van der Waals surface area contributed by atoms with Gasteiger partial charge in [-0.05, 0) is 59.3 Å². The second-order valence-corrected chi connectivity index (χ2v) is 6.78. The van der Waals surface area contributed by atoms with E-state index in [4.69, 9.17) is 0 Å². The molecule has 0 aromatic carbocycles. The number of nitrogens with one attached hydrogen (secondary N) is 1. The van der Waals surface area contributed by atoms with Gasteiger partial charge >= 0.3 is 0 Å². The van der Waals surface area contributed by atoms with E-state index in [-0.39, 0.29) is 0 Å². The van der Waals surface area contributed by atoms with E-state index in [0.29, 0.717) is 0 Å². The van der Waals surface area contributed by atoms with Gasteiger partial charge in [-0.25, -0.2) is 0 Å². The first-order chi connectivity index (χ1) is 6.77. The number of thiophene rings is 1. The molecule has 14 heavy (non-hydrogen) atoms. The van der Waals surface area contributed by atoms with Crippen molar-refractivity contribution < 1.29 is 0 Å². The lowest BCUT2D eigenvalue weighted by molar-refractivity contribution is 0.457. The average Bonchev–Trinajstić information content (AvgIpc) is 2.73. The predicted octanol–water partition coefficient (Wildman–Crippen LogP) is 3.07. The third kappa shape index (κ3) is 1.22. The predicted molar refractivity (Wildman–Crippen MR) is 64.2 cm³/mol. The number of hydrogen-bond donors (Lipinski definition) is 1. The molecule has 0 amide bonds. The zero-order chi connectivity index (χ0) is 9.71. The second kappa shape index (κ2) is 3.32. The molecule has 1 N–H and O–H groups in total. The Morgan fingerprint density at radius 1 is 1.43 bits per heavy atom. The zero-order valence-electron chi connectivity index (χ0n) is 8.27. The van der Waals surface area contributed by atoms with Crippen LogP contribution in [-0.4, -0.2) is 13.1 Å². The number of hydrogen-bond acceptors (Lipinski definition) is 2. The van der Waals surface area contributed by atoms with Crippen LogP contribution in [0.4, 0.5) is 0 Å². The fraction of sp³-hybridized carbons (Fsp3) is 0.636. The summed E-state index contributed by atoms with van der Waals surface area (Å²) in [7, 11) is 0. The van der Waals surface area contributed by atoms with E-state index in [0.717, 1.165) is 11.8 Å². The van der Waals surface area contributed by atoms with Crippen LogP contribution in [0.2, 0.25) is 0 Å². The Kier molecular flexibility index (Phi) is 2.22. The summed E-state index contributed by atoms with van der Waals surface area (Å²) in [6.07, 6.45) is 2.68. The molecule has 76 valence electrons. The van der Waals surface area contributed by atoms with Crippen LogP contribution < -0.4 is 5.32 Å². The fourth-order valence-electron chi connectivity index (χ4n) is 2.82. The van der Waals surface area contributed by atoms with Crippen molar-refractivity contribution in [2.45, 2.75) is 25.7 Å². The molecule has 2 aliphatic rings. The van der Waals surface area contributed by atoms with E-state index in [9.17, 15) is 0 Å². The van der Waals surface area contributed by atoms with Gasteiger partial charge in [0.05, 0.1) is 3.79 Å².